The van der Waals surface area contributed by atoms with Crippen LogP contribution in [0.25, 0.3) is 22.0 Å². The van der Waals surface area contributed by atoms with Gasteiger partial charge in [0.2, 0.25) is 5.91 Å². The number of aromatic nitrogens is 4. The molecule has 0 saturated heterocycles. The number of amides is 1. The Hall–Kier alpha value is -3.39. The molecule has 2 aromatic carbocycles. The van der Waals surface area contributed by atoms with Crippen LogP contribution >= 0.6 is 11.5 Å². The third-order valence-electron chi connectivity index (χ3n) is 5.15. The van der Waals surface area contributed by atoms with E-state index in [1.807, 2.05) is 55.6 Å². The number of carbonyl (C=O) groups excluding carboxylic acids is 1. The van der Waals surface area contributed by atoms with Crippen LogP contribution in [0.1, 0.15) is 31.0 Å². The third-order valence-corrected chi connectivity index (χ3v) is 5.66. The molecule has 1 amide bonds. The van der Waals surface area contributed by atoms with Crippen molar-refractivity contribution >= 4 is 33.9 Å². The molecular weight excluding hydrogens is 398 g/mol. The van der Waals surface area contributed by atoms with Crippen molar-refractivity contribution in [1.29, 1.82) is 0 Å². The van der Waals surface area contributed by atoms with Crippen molar-refractivity contribution in [2.45, 2.75) is 33.2 Å². The number of hydrogen-bond acceptors (Lipinski definition) is 6. The van der Waals surface area contributed by atoms with Crippen molar-refractivity contribution in [2.24, 2.45) is 0 Å². The molecule has 0 aliphatic rings. The van der Waals surface area contributed by atoms with E-state index in [2.05, 4.69) is 20.0 Å². The number of nitrogens with zero attached hydrogens (tertiary/aromatic N) is 4. The largest absolute Gasteiger partial charge is 0.325 e. The minimum absolute atomic E-state index is 0.148. The van der Waals surface area contributed by atoms with Gasteiger partial charge < -0.3 is 5.32 Å². The second-order valence-electron chi connectivity index (χ2n) is 7.08. The number of nitrogens with one attached hydrogen (secondary N) is 1. The Balaban J connectivity index is 1.69. The van der Waals surface area contributed by atoms with E-state index in [9.17, 15) is 9.59 Å². The lowest BCUT2D eigenvalue weighted by molar-refractivity contribution is -0.117. The maximum absolute atomic E-state index is 13.1. The number of aryl methyl sites for hydroxylation is 2. The van der Waals surface area contributed by atoms with E-state index in [1.165, 1.54) is 16.2 Å². The fourth-order valence-electron chi connectivity index (χ4n) is 3.37. The predicted octanol–water partition coefficient (Wildman–Crippen LogP) is 3.99. The van der Waals surface area contributed by atoms with Crippen LogP contribution in [0.3, 0.4) is 0 Å². The summed E-state index contributed by atoms with van der Waals surface area (Å²) in [6, 6.07) is 13.1. The molecule has 8 heteroatoms. The molecule has 4 aromatic rings. The van der Waals surface area contributed by atoms with Gasteiger partial charge in [0, 0.05) is 28.6 Å². The van der Waals surface area contributed by atoms with Crippen LogP contribution in [0, 0.1) is 6.92 Å². The van der Waals surface area contributed by atoms with Gasteiger partial charge in [-0.25, -0.2) is 4.68 Å². The van der Waals surface area contributed by atoms with Crippen molar-refractivity contribution in [3.05, 3.63) is 69.5 Å². The van der Waals surface area contributed by atoms with Gasteiger partial charge in [0.1, 0.15) is 5.69 Å². The first kappa shape index (κ1) is 19.9. The van der Waals surface area contributed by atoms with Crippen LogP contribution in [-0.4, -0.2) is 25.3 Å². The summed E-state index contributed by atoms with van der Waals surface area (Å²) in [5.74, 6) is -0.733. The number of anilines is 1. The van der Waals surface area contributed by atoms with Crippen molar-refractivity contribution < 1.29 is 4.79 Å². The number of hydrogen-bond donors (Lipinski definition) is 1. The first-order valence-electron chi connectivity index (χ1n) is 9.68. The average Bonchev–Trinajstić information content (AvgIpc) is 3.30. The minimum atomic E-state index is -0.544. The van der Waals surface area contributed by atoms with E-state index in [1.54, 1.807) is 13.0 Å². The van der Waals surface area contributed by atoms with Crippen LogP contribution in [-0.2, 0) is 11.3 Å². The normalized spacial score (nSPS) is 12.1. The molecule has 1 N–H and O–H groups in total. The Morgan fingerprint density at radius 1 is 1.20 bits per heavy atom. The molecule has 0 aliphatic carbocycles. The molecule has 2 aromatic heterocycles. The van der Waals surface area contributed by atoms with Gasteiger partial charge in [-0.1, -0.05) is 34.8 Å². The summed E-state index contributed by atoms with van der Waals surface area (Å²) < 4.78 is 5.31. The van der Waals surface area contributed by atoms with Gasteiger partial charge in [-0.15, -0.1) is 5.10 Å². The maximum atomic E-state index is 13.1. The number of fused-ring (bicyclic) bond motifs is 1. The highest BCUT2D eigenvalue weighted by Gasteiger charge is 2.22. The van der Waals surface area contributed by atoms with Gasteiger partial charge in [0.25, 0.3) is 5.56 Å². The second kappa shape index (κ2) is 8.16. The second-order valence-corrected chi connectivity index (χ2v) is 7.69. The molecule has 30 heavy (non-hydrogen) atoms. The number of benzene rings is 2. The van der Waals surface area contributed by atoms with Gasteiger partial charge in [-0.2, -0.15) is 5.10 Å². The highest BCUT2D eigenvalue weighted by Crippen LogP contribution is 2.27. The zero-order valence-electron chi connectivity index (χ0n) is 16.9. The molecular formula is C22H21N5O2S. The number of carbonyl (C=O) groups is 1. The van der Waals surface area contributed by atoms with Crippen molar-refractivity contribution in [3.8, 4) is 11.3 Å². The summed E-state index contributed by atoms with van der Waals surface area (Å²) in [5, 5.41) is 14.7. The Labute approximate surface area is 177 Å². The molecule has 2 heterocycles. The fraction of sp³-hybridized carbons (Fsp3) is 0.227. The van der Waals surface area contributed by atoms with E-state index in [-0.39, 0.29) is 11.5 Å². The molecule has 7 nitrogen and oxygen atoms in total. The maximum Gasteiger partial charge on any atom is 0.274 e. The average molecular weight is 420 g/mol. The summed E-state index contributed by atoms with van der Waals surface area (Å²) in [6.07, 6.45) is 0. The Morgan fingerprint density at radius 3 is 2.67 bits per heavy atom. The van der Waals surface area contributed by atoms with Crippen molar-refractivity contribution in [2.75, 3.05) is 5.32 Å². The van der Waals surface area contributed by atoms with Gasteiger partial charge in [-0.05, 0) is 50.0 Å². The minimum Gasteiger partial charge on any atom is -0.325 e. The first-order chi connectivity index (χ1) is 14.5. The SMILES string of the molecule is CCn1nc([C@@H](C)C(=O)Nc2cc(-c3csnn3)ccc2C)c2ccccc2c1=O. The van der Waals surface area contributed by atoms with Crippen molar-refractivity contribution in [3.63, 3.8) is 0 Å². The zero-order valence-corrected chi connectivity index (χ0v) is 17.7. The van der Waals surface area contributed by atoms with Gasteiger partial charge in [-0.3, -0.25) is 9.59 Å². The van der Waals surface area contributed by atoms with E-state index < -0.39 is 5.92 Å². The smallest absolute Gasteiger partial charge is 0.274 e. The van der Waals surface area contributed by atoms with E-state index in [0.717, 1.165) is 16.8 Å². The van der Waals surface area contributed by atoms with Crippen LogP contribution < -0.4 is 10.9 Å². The topological polar surface area (TPSA) is 89.8 Å². The molecule has 0 aliphatic heterocycles. The fourth-order valence-corrected chi connectivity index (χ4v) is 3.83. The molecule has 0 saturated carbocycles. The van der Waals surface area contributed by atoms with Crippen LogP contribution in [0.2, 0.25) is 0 Å². The number of rotatable bonds is 5. The first-order valence-corrected chi connectivity index (χ1v) is 10.5. The monoisotopic (exact) mass is 419 g/mol. The highest BCUT2D eigenvalue weighted by atomic mass is 32.1. The lowest BCUT2D eigenvalue weighted by Crippen LogP contribution is -2.27. The Morgan fingerprint density at radius 2 is 1.97 bits per heavy atom. The summed E-state index contributed by atoms with van der Waals surface area (Å²) in [4.78, 5) is 25.7. The van der Waals surface area contributed by atoms with E-state index in [4.69, 9.17) is 0 Å². The summed E-state index contributed by atoms with van der Waals surface area (Å²) >= 11 is 1.28. The summed E-state index contributed by atoms with van der Waals surface area (Å²) in [6.45, 7) is 6.04. The molecule has 0 fully saturated rings. The lowest BCUT2D eigenvalue weighted by Gasteiger charge is -2.17. The molecule has 0 unspecified atom stereocenters. The third kappa shape index (κ3) is 3.61. The highest BCUT2D eigenvalue weighted by molar-refractivity contribution is 7.03. The van der Waals surface area contributed by atoms with Gasteiger partial charge in [0.15, 0.2) is 0 Å². The van der Waals surface area contributed by atoms with Crippen LogP contribution in [0.15, 0.2) is 52.6 Å². The quantitative estimate of drug-likeness (QED) is 0.528. The van der Waals surface area contributed by atoms with E-state index in [0.29, 0.717) is 28.7 Å². The van der Waals surface area contributed by atoms with Gasteiger partial charge in [0.05, 0.1) is 17.0 Å². The predicted molar refractivity (Wildman–Crippen MR) is 119 cm³/mol. The lowest BCUT2D eigenvalue weighted by atomic mass is 10.00. The Kier molecular flexibility index (Phi) is 5.41. The standard InChI is InChI=1S/C22H21N5O2S/c1-4-27-22(29)17-8-6-5-7-16(17)20(25-27)14(3)21(28)23-18-11-15(10-9-13(18)2)19-12-30-26-24-19/h5-12,14H,4H2,1-3H3,(H,23,28)/t14-/m1/s1. The van der Waals surface area contributed by atoms with Gasteiger partial charge >= 0.3 is 0 Å². The van der Waals surface area contributed by atoms with Crippen LogP contribution in [0.5, 0.6) is 0 Å². The van der Waals surface area contributed by atoms with Crippen LogP contribution in [0.4, 0.5) is 5.69 Å². The van der Waals surface area contributed by atoms with Crippen molar-refractivity contribution in [1.82, 2.24) is 19.4 Å². The summed E-state index contributed by atoms with van der Waals surface area (Å²) in [5.41, 5.74) is 3.75. The van der Waals surface area contributed by atoms with E-state index >= 15 is 0 Å². The molecule has 4 rings (SSSR count). The molecule has 152 valence electrons. The molecule has 0 spiro atoms. The zero-order chi connectivity index (χ0) is 21.3. The summed E-state index contributed by atoms with van der Waals surface area (Å²) in [7, 11) is 0. The molecule has 1 atom stereocenters. The Bertz CT molecular complexity index is 1280. The molecule has 0 radical (unpaired) electrons. The molecule has 0 bridgehead atoms.